The van der Waals surface area contributed by atoms with Crippen LogP contribution < -0.4 is 10.2 Å². The van der Waals surface area contributed by atoms with Crippen LogP contribution in [-0.4, -0.2) is 32.8 Å². The zero-order valence-electron chi connectivity index (χ0n) is 11.8. The van der Waals surface area contributed by atoms with Gasteiger partial charge < -0.3 is 15.0 Å². The van der Waals surface area contributed by atoms with Gasteiger partial charge in [-0.1, -0.05) is 6.07 Å². The third-order valence-electron chi connectivity index (χ3n) is 3.46. The summed E-state index contributed by atoms with van der Waals surface area (Å²) in [6, 6.07) is 7.43. The van der Waals surface area contributed by atoms with Crippen LogP contribution in [0.5, 0.6) is 0 Å². The Morgan fingerprint density at radius 3 is 2.79 bits per heavy atom. The number of nitrogens with one attached hydrogen (secondary N) is 1. The van der Waals surface area contributed by atoms with Crippen LogP contribution in [0.1, 0.15) is 25.3 Å². The van der Waals surface area contributed by atoms with E-state index in [0.717, 1.165) is 32.3 Å². The summed E-state index contributed by atoms with van der Waals surface area (Å²) in [4.78, 5) is 2.49. The van der Waals surface area contributed by atoms with Crippen molar-refractivity contribution in [2.45, 2.75) is 32.4 Å². The molecule has 0 atom stereocenters. The topological polar surface area (TPSA) is 24.5 Å². The first-order valence-corrected chi connectivity index (χ1v) is 7.80. The average molecular weight is 327 g/mol. The Kier molecular flexibility index (Phi) is 5.67. The summed E-state index contributed by atoms with van der Waals surface area (Å²) in [6.45, 7) is 5.83. The van der Waals surface area contributed by atoms with Gasteiger partial charge in [0.15, 0.2) is 0 Å². The second-order valence-corrected chi connectivity index (χ2v) is 5.83. The molecule has 0 aromatic heterocycles. The molecule has 0 amide bonds. The Bertz CT molecular complexity index is 407. The van der Waals surface area contributed by atoms with E-state index in [4.69, 9.17) is 4.74 Å². The SMILES string of the molecule is CCN(c1ccc(CNCCOC)cc1Br)C1CC1. The van der Waals surface area contributed by atoms with Crippen LogP contribution in [0.4, 0.5) is 5.69 Å². The normalized spacial score (nSPS) is 14.7. The van der Waals surface area contributed by atoms with E-state index in [1.807, 2.05) is 0 Å². The van der Waals surface area contributed by atoms with Gasteiger partial charge in [-0.2, -0.15) is 0 Å². The van der Waals surface area contributed by atoms with Crippen molar-refractivity contribution in [1.82, 2.24) is 5.32 Å². The quantitative estimate of drug-likeness (QED) is 0.742. The molecule has 0 saturated heterocycles. The Balaban J connectivity index is 1.96. The standard InChI is InChI=1S/C15H23BrN2O/c1-3-18(13-5-6-13)15-7-4-12(10-14(15)16)11-17-8-9-19-2/h4,7,10,13,17H,3,5-6,8-9,11H2,1-2H3. The van der Waals surface area contributed by atoms with Gasteiger partial charge in [-0.3, -0.25) is 0 Å². The summed E-state index contributed by atoms with van der Waals surface area (Å²) in [7, 11) is 1.73. The lowest BCUT2D eigenvalue weighted by molar-refractivity contribution is 0.199. The second-order valence-electron chi connectivity index (χ2n) is 4.97. The highest BCUT2D eigenvalue weighted by molar-refractivity contribution is 9.10. The predicted octanol–water partition coefficient (Wildman–Crippen LogP) is 3.17. The monoisotopic (exact) mass is 326 g/mol. The van der Waals surface area contributed by atoms with Gasteiger partial charge in [0.05, 0.1) is 12.3 Å². The molecule has 1 aromatic rings. The summed E-state index contributed by atoms with van der Waals surface area (Å²) in [5, 5.41) is 3.37. The number of methoxy groups -OCH3 is 1. The Hall–Kier alpha value is -0.580. The van der Waals surface area contributed by atoms with E-state index in [2.05, 4.69) is 51.3 Å². The first kappa shape index (κ1) is 14.8. The molecule has 1 fully saturated rings. The van der Waals surface area contributed by atoms with Crippen molar-refractivity contribution in [3.63, 3.8) is 0 Å². The third-order valence-corrected chi connectivity index (χ3v) is 4.10. The summed E-state index contributed by atoms with van der Waals surface area (Å²) in [5.74, 6) is 0. The van der Waals surface area contributed by atoms with Crippen LogP contribution in [-0.2, 0) is 11.3 Å². The van der Waals surface area contributed by atoms with Crippen LogP contribution in [0, 0.1) is 0 Å². The predicted molar refractivity (Wildman–Crippen MR) is 83.8 cm³/mol. The molecule has 3 nitrogen and oxygen atoms in total. The molecule has 106 valence electrons. The lowest BCUT2D eigenvalue weighted by Gasteiger charge is -2.24. The molecule has 1 aromatic carbocycles. The molecule has 19 heavy (non-hydrogen) atoms. The van der Waals surface area contributed by atoms with Crippen molar-refractivity contribution in [2.24, 2.45) is 0 Å². The Morgan fingerprint density at radius 1 is 1.42 bits per heavy atom. The fraction of sp³-hybridized carbons (Fsp3) is 0.600. The highest BCUT2D eigenvalue weighted by Crippen LogP contribution is 2.35. The minimum absolute atomic E-state index is 0.755. The third kappa shape index (κ3) is 4.20. The molecule has 4 heteroatoms. The highest BCUT2D eigenvalue weighted by atomic mass is 79.9. The van der Waals surface area contributed by atoms with Crippen LogP contribution in [0.2, 0.25) is 0 Å². The van der Waals surface area contributed by atoms with Gasteiger partial charge >= 0.3 is 0 Å². The van der Waals surface area contributed by atoms with Gasteiger partial charge in [0.1, 0.15) is 0 Å². The number of nitrogens with zero attached hydrogens (tertiary/aromatic N) is 1. The first-order chi connectivity index (χ1) is 9.26. The molecular weight excluding hydrogens is 304 g/mol. The van der Waals surface area contributed by atoms with Crippen LogP contribution in [0.25, 0.3) is 0 Å². The largest absolute Gasteiger partial charge is 0.383 e. The van der Waals surface area contributed by atoms with Crippen LogP contribution in [0.15, 0.2) is 22.7 Å². The summed E-state index contributed by atoms with van der Waals surface area (Å²) in [5.41, 5.74) is 2.63. The molecular formula is C15H23BrN2O. The zero-order chi connectivity index (χ0) is 13.7. The molecule has 0 aliphatic heterocycles. The number of hydrogen-bond donors (Lipinski definition) is 1. The van der Waals surface area contributed by atoms with E-state index in [-0.39, 0.29) is 0 Å². The second kappa shape index (κ2) is 7.27. The van der Waals surface area contributed by atoms with E-state index >= 15 is 0 Å². The van der Waals surface area contributed by atoms with E-state index in [0.29, 0.717) is 0 Å². The fourth-order valence-corrected chi connectivity index (χ4v) is 2.97. The molecule has 0 spiro atoms. The summed E-state index contributed by atoms with van der Waals surface area (Å²) in [6.07, 6.45) is 2.67. The molecule has 1 saturated carbocycles. The lowest BCUT2D eigenvalue weighted by atomic mass is 10.2. The van der Waals surface area contributed by atoms with Gasteiger partial charge in [-0.25, -0.2) is 0 Å². The fourth-order valence-electron chi connectivity index (χ4n) is 2.31. The molecule has 0 unspecified atom stereocenters. The van der Waals surface area contributed by atoms with Crippen LogP contribution >= 0.6 is 15.9 Å². The van der Waals surface area contributed by atoms with E-state index in [9.17, 15) is 0 Å². The first-order valence-electron chi connectivity index (χ1n) is 7.01. The van der Waals surface area contributed by atoms with Crippen molar-refractivity contribution in [2.75, 3.05) is 31.7 Å². The van der Waals surface area contributed by atoms with Crippen molar-refractivity contribution >= 4 is 21.6 Å². The number of rotatable bonds is 8. The molecule has 1 aliphatic carbocycles. The van der Waals surface area contributed by atoms with Crippen LogP contribution in [0.3, 0.4) is 0 Å². The number of hydrogen-bond acceptors (Lipinski definition) is 3. The van der Waals surface area contributed by atoms with Gasteiger partial charge in [-0.05, 0) is 53.4 Å². The Morgan fingerprint density at radius 2 is 2.21 bits per heavy atom. The van der Waals surface area contributed by atoms with Gasteiger partial charge in [0, 0.05) is 37.3 Å². The number of benzene rings is 1. The molecule has 1 N–H and O–H groups in total. The molecule has 1 aliphatic rings. The Labute approximate surface area is 124 Å². The van der Waals surface area contributed by atoms with Gasteiger partial charge in [0.2, 0.25) is 0 Å². The zero-order valence-corrected chi connectivity index (χ0v) is 13.4. The summed E-state index contributed by atoms with van der Waals surface area (Å²) >= 11 is 3.71. The lowest BCUT2D eigenvalue weighted by Crippen LogP contribution is -2.25. The summed E-state index contributed by atoms with van der Waals surface area (Å²) < 4.78 is 6.22. The number of ether oxygens (including phenoxy) is 1. The van der Waals surface area contributed by atoms with Crippen molar-refractivity contribution < 1.29 is 4.74 Å². The van der Waals surface area contributed by atoms with Gasteiger partial charge in [-0.15, -0.1) is 0 Å². The maximum Gasteiger partial charge on any atom is 0.0587 e. The van der Waals surface area contributed by atoms with Gasteiger partial charge in [0.25, 0.3) is 0 Å². The van der Waals surface area contributed by atoms with E-state index in [1.54, 1.807) is 7.11 Å². The van der Waals surface area contributed by atoms with Crippen molar-refractivity contribution in [3.05, 3.63) is 28.2 Å². The van der Waals surface area contributed by atoms with E-state index < -0.39 is 0 Å². The minimum Gasteiger partial charge on any atom is -0.383 e. The molecule has 0 bridgehead atoms. The average Bonchev–Trinajstić information content (AvgIpc) is 3.22. The molecule has 0 heterocycles. The maximum atomic E-state index is 5.02. The highest BCUT2D eigenvalue weighted by Gasteiger charge is 2.28. The molecule has 2 rings (SSSR count). The molecule has 0 radical (unpaired) electrons. The number of halogens is 1. The minimum atomic E-state index is 0.755. The van der Waals surface area contributed by atoms with E-state index in [1.165, 1.54) is 28.6 Å². The smallest absolute Gasteiger partial charge is 0.0587 e. The van der Waals surface area contributed by atoms with Crippen molar-refractivity contribution in [3.8, 4) is 0 Å². The maximum absolute atomic E-state index is 5.02. The number of anilines is 1. The van der Waals surface area contributed by atoms with Crippen molar-refractivity contribution in [1.29, 1.82) is 0 Å².